The second kappa shape index (κ2) is 10.7. The molecule has 0 bridgehead atoms. The van der Waals surface area contributed by atoms with Crippen molar-refractivity contribution in [2.75, 3.05) is 32.6 Å². The van der Waals surface area contributed by atoms with Gasteiger partial charge < -0.3 is 14.8 Å². The van der Waals surface area contributed by atoms with E-state index in [4.69, 9.17) is 9.47 Å². The number of piperidine rings is 1. The number of aryl methyl sites for hydroxylation is 1. The van der Waals surface area contributed by atoms with E-state index in [0.29, 0.717) is 30.3 Å². The first-order valence-corrected chi connectivity index (χ1v) is 11.5. The lowest BCUT2D eigenvalue weighted by atomic mass is 9.83. The summed E-state index contributed by atoms with van der Waals surface area (Å²) < 4.78 is 24.5. The first-order valence-electron chi connectivity index (χ1n) is 11.5. The van der Waals surface area contributed by atoms with E-state index in [9.17, 15) is 9.18 Å². The number of carbonyl (C=O) groups excluding carboxylic acids is 1. The third kappa shape index (κ3) is 5.75. The van der Waals surface area contributed by atoms with Crippen molar-refractivity contribution in [3.8, 4) is 11.5 Å². The van der Waals surface area contributed by atoms with Gasteiger partial charge in [-0.2, -0.15) is 0 Å². The molecule has 0 spiro atoms. The lowest BCUT2D eigenvalue weighted by Gasteiger charge is -2.37. The first kappa shape index (κ1) is 23.8. The normalized spacial score (nSPS) is 18.4. The molecule has 1 N–H and O–H groups in total. The number of carbonyl (C=O) groups is 1. The van der Waals surface area contributed by atoms with Crippen molar-refractivity contribution in [2.45, 2.75) is 25.8 Å². The molecule has 4 rings (SSSR count). The van der Waals surface area contributed by atoms with Gasteiger partial charge in [-0.1, -0.05) is 42.0 Å². The van der Waals surface area contributed by atoms with Gasteiger partial charge in [0, 0.05) is 25.7 Å². The molecule has 0 saturated carbocycles. The van der Waals surface area contributed by atoms with Crippen LogP contribution in [0.1, 0.15) is 29.0 Å². The molecule has 34 heavy (non-hydrogen) atoms. The Hall–Kier alpha value is -3.38. The zero-order chi connectivity index (χ0) is 24.1. The van der Waals surface area contributed by atoms with Gasteiger partial charge in [-0.15, -0.1) is 0 Å². The highest BCUT2D eigenvalue weighted by atomic mass is 19.1. The van der Waals surface area contributed by atoms with Gasteiger partial charge in [0.05, 0.1) is 25.8 Å². The smallest absolute Gasteiger partial charge is 0.228 e. The van der Waals surface area contributed by atoms with E-state index in [1.807, 2.05) is 6.07 Å². The number of halogens is 1. The second-order valence-electron chi connectivity index (χ2n) is 8.92. The van der Waals surface area contributed by atoms with E-state index >= 15 is 0 Å². The van der Waals surface area contributed by atoms with Crippen LogP contribution >= 0.6 is 0 Å². The SMILES string of the molecule is COc1ccc(NC(=O)C2CC(c3cccc(C)c3)CN(Cc3cccc(F)c3)C2)c(OC)c1. The number of nitrogens with one attached hydrogen (secondary N) is 1. The van der Waals surface area contributed by atoms with E-state index in [0.717, 1.165) is 18.5 Å². The molecule has 5 nitrogen and oxygen atoms in total. The molecule has 1 aliphatic heterocycles. The third-order valence-corrected chi connectivity index (χ3v) is 6.37. The van der Waals surface area contributed by atoms with Gasteiger partial charge in [-0.3, -0.25) is 9.69 Å². The topological polar surface area (TPSA) is 50.8 Å². The van der Waals surface area contributed by atoms with Crippen LogP contribution in [-0.2, 0) is 11.3 Å². The molecule has 1 saturated heterocycles. The fraction of sp³-hybridized carbons (Fsp3) is 0.321. The fourth-order valence-electron chi connectivity index (χ4n) is 4.71. The van der Waals surface area contributed by atoms with Crippen LogP contribution in [0.2, 0.25) is 0 Å². The van der Waals surface area contributed by atoms with Crippen LogP contribution in [0.3, 0.4) is 0 Å². The van der Waals surface area contributed by atoms with Gasteiger partial charge in [0.2, 0.25) is 5.91 Å². The second-order valence-corrected chi connectivity index (χ2v) is 8.92. The summed E-state index contributed by atoms with van der Waals surface area (Å²) in [6, 6.07) is 20.5. The zero-order valence-electron chi connectivity index (χ0n) is 19.9. The molecule has 2 unspecified atom stereocenters. The number of benzene rings is 3. The van der Waals surface area contributed by atoms with E-state index < -0.39 is 0 Å². The minimum Gasteiger partial charge on any atom is -0.497 e. The summed E-state index contributed by atoms with van der Waals surface area (Å²) in [7, 11) is 3.16. The van der Waals surface area contributed by atoms with Crippen molar-refractivity contribution in [2.24, 2.45) is 5.92 Å². The molecular formula is C28H31FN2O3. The number of anilines is 1. The summed E-state index contributed by atoms with van der Waals surface area (Å²) in [5.41, 5.74) is 3.94. The maximum absolute atomic E-state index is 13.8. The molecule has 0 aromatic heterocycles. The third-order valence-electron chi connectivity index (χ3n) is 6.37. The molecule has 2 atom stereocenters. The molecule has 1 heterocycles. The van der Waals surface area contributed by atoms with Crippen LogP contribution in [0.25, 0.3) is 0 Å². The summed E-state index contributed by atoms with van der Waals surface area (Å²) in [6.07, 6.45) is 0.743. The Morgan fingerprint density at radius 3 is 2.59 bits per heavy atom. The minimum absolute atomic E-state index is 0.0509. The van der Waals surface area contributed by atoms with Gasteiger partial charge in [0.25, 0.3) is 0 Å². The molecule has 6 heteroatoms. The molecule has 3 aromatic carbocycles. The van der Waals surface area contributed by atoms with Crippen molar-refractivity contribution in [1.82, 2.24) is 4.90 Å². The highest BCUT2D eigenvalue weighted by molar-refractivity contribution is 5.94. The lowest BCUT2D eigenvalue weighted by molar-refractivity contribution is -0.121. The van der Waals surface area contributed by atoms with Crippen LogP contribution in [0.15, 0.2) is 66.7 Å². The van der Waals surface area contributed by atoms with Crippen molar-refractivity contribution >= 4 is 11.6 Å². The Bertz CT molecular complexity index is 1150. The van der Waals surface area contributed by atoms with Gasteiger partial charge in [0.15, 0.2) is 0 Å². The van der Waals surface area contributed by atoms with Gasteiger partial charge >= 0.3 is 0 Å². The lowest BCUT2D eigenvalue weighted by Crippen LogP contribution is -2.43. The van der Waals surface area contributed by atoms with E-state index in [-0.39, 0.29) is 23.6 Å². The number of amides is 1. The van der Waals surface area contributed by atoms with Gasteiger partial charge in [0.1, 0.15) is 17.3 Å². The number of rotatable bonds is 7. The van der Waals surface area contributed by atoms with Crippen LogP contribution in [0.5, 0.6) is 11.5 Å². The number of nitrogens with zero attached hydrogens (tertiary/aromatic N) is 1. The Kier molecular flexibility index (Phi) is 7.48. The summed E-state index contributed by atoms with van der Waals surface area (Å²) in [6.45, 7) is 4.09. The molecule has 1 aliphatic rings. The van der Waals surface area contributed by atoms with Crippen molar-refractivity contribution < 1.29 is 18.7 Å². The zero-order valence-corrected chi connectivity index (χ0v) is 19.9. The predicted octanol–water partition coefficient (Wildman–Crippen LogP) is 5.40. The molecule has 1 amide bonds. The quantitative estimate of drug-likeness (QED) is 0.511. The largest absolute Gasteiger partial charge is 0.497 e. The number of hydrogen-bond donors (Lipinski definition) is 1. The van der Waals surface area contributed by atoms with Crippen molar-refractivity contribution in [3.05, 3.63) is 89.2 Å². The van der Waals surface area contributed by atoms with Crippen molar-refractivity contribution in [3.63, 3.8) is 0 Å². The van der Waals surface area contributed by atoms with Crippen molar-refractivity contribution in [1.29, 1.82) is 0 Å². The maximum atomic E-state index is 13.8. The molecule has 3 aromatic rings. The van der Waals surface area contributed by atoms with E-state index in [1.165, 1.54) is 17.2 Å². The Morgan fingerprint density at radius 1 is 1.03 bits per heavy atom. The molecule has 1 fully saturated rings. The maximum Gasteiger partial charge on any atom is 0.228 e. The number of hydrogen-bond acceptors (Lipinski definition) is 4. The summed E-state index contributed by atoms with van der Waals surface area (Å²) in [5, 5.41) is 3.05. The van der Waals surface area contributed by atoms with Crippen LogP contribution < -0.4 is 14.8 Å². The fourth-order valence-corrected chi connectivity index (χ4v) is 4.71. The summed E-state index contributed by atoms with van der Waals surface area (Å²) >= 11 is 0. The Balaban J connectivity index is 1.56. The number of methoxy groups -OCH3 is 2. The standard InChI is InChI=1S/C28H31FN2O3/c1-19-6-4-8-21(12-19)22-14-23(18-31(17-22)16-20-7-5-9-24(29)13-20)28(32)30-26-11-10-25(33-2)15-27(26)34-3/h4-13,15,22-23H,14,16-18H2,1-3H3,(H,30,32). The van der Waals surface area contributed by atoms with E-state index in [2.05, 4.69) is 41.4 Å². The van der Waals surface area contributed by atoms with Gasteiger partial charge in [-0.05, 0) is 54.7 Å². The molecule has 0 radical (unpaired) electrons. The monoisotopic (exact) mass is 462 g/mol. The van der Waals surface area contributed by atoms with Gasteiger partial charge in [-0.25, -0.2) is 4.39 Å². The highest BCUT2D eigenvalue weighted by Gasteiger charge is 2.33. The highest BCUT2D eigenvalue weighted by Crippen LogP contribution is 2.34. The average molecular weight is 463 g/mol. The number of ether oxygens (including phenoxy) is 2. The predicted molar refractivity (Wildman–Crippen MR) is 132 cm³/mol. The minimum atomic E-state index is -0.245. The Morgan fingerprint density at radius 2 is 1.85 bits per heavy atom. The molecule has 0 aliphatic carbocycles. The number of likely N-dealkylation sites (tertiary alicyclic amines) is 1. The van der Waals surface area contributed by atoms with Crippen LogP contribution in [0.4, 0.5) is 10.1 Å². The van der Waals surface area contributed by atoms with Crippen LogP contribution in [-0.4, -0.2) is 38.1 Å². The van der Waals surface area contributed by atoms with E-state index in [1.54, 1.807) is 44.6 Å². The Labute approximate surface area is 200 Å². The summed E-state index contributed by atoms with van der Waals surface area (Å²) in [4.78, 5) is 15.7. The molecule has 178 valence electrons. The first-order chi connectivity index (χ1) is 16.4. The molecular weight excluding hydrogens is 431 g/mol. The average Bonchev–Trinajstić information content (AvgIpc) is 2.84. The van der Waals surface area contributed by atoms with Crippen LogP contribution in [0, 0.1) is 18.7 Å². The summed E-state index contributed by atoms with van der Waals surface area (Å²) in [5.74, 6) is 0.898.